The lowest BCUT2D eigenvalue weighted by Crippen LogP contribution is -2.14. The van der Waals surface area contributed by atoms with E-state index in [1.54, 1.807) is 73.8 Å². The van der Waals surface area contributed by atoms with Crippen LogP contribution in [-0.4, -0.2) is 84.4 Å². The summed E-state index contributed by atoms with van der Waals surface area (Å²) in [7, 11) is 0. The van der Waals surface area contributed by atoms with Crippen molar-refractivity contribution in [2.24, 2.45) is 23.7 Å². The van der Waals surface area contributed by atoms with E-state index in [1.165, 1.54) is 45.3 Å². The highest BCUT2D eigenvalue weighted by atomic mass is 32.1. The maximum Gasteiger partial charge on any atom is 0.230 e. The first-order chi connectivity index (χ1) is 34.2. The van der Waals surface area contributed by atoms with Gasteiger partial charge in [0, 0.05) is 75.3 Å². The van der Waals surface area contributed by atoms with Crippen molar-refractivity contribution in [1.82, 2.24) is 60.7 Å². The van der Waals surface area contributed by atoms with Crippen LogP contribution in [0.4, 0.5) is 20.5 Å². The summed E-state index contributed by atoms with van der Waals surface area (Å²) < 4.78 is 0. The zero-order valence-electron chi connectivity index (χ0n) is 37.3. The van der Waals surface area contributed by atoms with Gasteiger partial charge in [-0.1, -0.05) is 69.6 Å². The van der Waals surface area contributed by atoms with Crippen molar-refractivity contribution in [3.8, 4) is 0 Å². The molecule has 8 aromatic heterocycles. The molecule has 0 radical (unpaired) electrons. The molecule has 4 N–H and O–H groups in total. The van der Waals surface area contributed by atoms with Gasteiger partial charge in [-0.05, 0) is 83.0 Å². The Morgan fingerprint density at radius 2 is 0.629 bits per heavy atom. The van der Waals surface area contributed by atoms with Crippen molar-refractivity contribution in [2.75, 3.05) is 21.3 Å². The number of nitrogens with zero attached hydrogens (tertiary/aromatic N) is 12. The Morgan fingerprint density at radius 1 is 0.386 bits per heavy atom. The molecule has 1 unspecified atom stereocenters. The number of pyridine rings is 4. The van der Waals surface area contributed by atoms with Crippen LogP contribution in [0, 0.1) is 23.7 Å². The molecule has 70 heavy (non-hydrogen) atoms. The standard InChI is InChI=1S/2C23H22N8O2S2/c2*32-18(7-14-3-1-5-24-12-14)26-22-30-28-20(34-22)10-16-9-17(16)11-21-29-31-23(35-21)27-19(33)8-15-4-2-6-25-13-15/h2*1-6,12-13,16-17H,7-11H2,(H,26,30,32)(H,27,31,33)/t16-,17?;16-,17-/m01/s1. The van der Waals surface area contributed by atoms with Crippen molar-refractivity contribution in [1.29, 1.82) is 0 Å². The van der Waals surface area contributed by atoms with Gasteiger partial charge in [0.05, 0.1) is 25.7 Å². The fraction of sp³-hybridized carbons (Fsp3) is 0.304. The van der Waals surface area contributed by atoms with Crippen LogP contribution in [0.1, 0.15) is 55.1 Å². The van der Waals surface area contributed by atoms with E-state index in [-0.39, 0.29) is 49.3 Å². The second-order valence-electron chi connectivity index (χ2n) is 16.7. The molecule has 0 aliphatic heterocycles. The summed E-state index contributed by atoms with van der Waals surface area (Å²) in [4.78, 5) is 64.9. The molecule has 2 aliphatic carbocycles. The molecule has 24 heteroatoms. The number of carbonyl (C=O) groups excluding carboxylic acids is 4. The second kappa shape index (κ2) is 23.3. The van der Waals surface area contributed by atoms with E-state index < -0.39 is 0 Å². The van der Waals surface area contributed by atoms with Crippen LogP contribution in [0.3, 0.4) is 0 Å². The minimum Gasteiger partial charge on any atom is -0.300 e. The number of nitrogens with one attached hydrogen (secondary N) is 4. The molecule has 8 aromatic rings. The Morgan fingerprint density at radius 3 is 0.843 bits per heavy atom. The molecule has 2 aliphatic rings. The fourth-order valence-corrected chi connectivity index (χ4v) is 10.9. The third-order valence-electron chi connectivity index (χ3n) is 11.1. The van der Waals surface area contributed by atoms with Gasteiger partial charge in [-0.15, -0.1) is 40.8 Å². The van der Waals surface area contributed by atoms with Gasteiger partial charge in [-0.25, -0.2) is 0 Å². The summed E-state index contributed by atoms with van der Waals surface area (Å²) in [5.74, 6) is 1.50. The molecule has 0 saturated heterocycles. The van der Waals surface area contributed by atoms with Gasteiger partial charge < -0.3 is 21.3 Å². The SMILES string of the molecule is O=C(Cc1cccnc1)Nc1nnc(CC2C[C@H]2Cc2nnc(NC(=O)Cc3cccnc3)s2)s1.O=C(Cc1cccnc1)Nc1nnc(C[C@H]2C[C@@H]2Cc2nnc(NC(=O)Cc3cccnc3)s2)s1. The van der Waals surface area contributed by atoms with Crippen molar-refractivity contribution in [3.63, 3.8) is 0 Å². The zero-order chi connectivity index (χ0) is 48.1. The molecule has 4 atom stereocenters. The summed E-state index contributed by atoms with van der Waals surface area (Å²) in [6, 6.07) is 14.7. The molecule has 0 bridgehead atoms. The summed E-state index contributed by atoms with van der Waals surface area (Å²) in [5.41, 5.74) is 3.40. The highest BCUT2D eigenvalue weighted by molar-refractivity contribution is 7.16. The molecule has 2 fully saturated rings. The number of hydrogen-bond acceptors (Lipinski definition) is 20. The van der Waals surface area contributed by atoms with Gasteiger partial charge in [0.15, 0.2) is 0 Å². The Hall–Kier alpha value is -7.28. The normalized spacial score (nSPS) is 16.6. The largest absolute Gasteiger partial charge is 0.300 e. The number of amides is 4. The topological polar surface area (TPSA) is 271 Å². The second-order valence-corrected chi connectivity index (χ2v) is 20.9. The quantitative estimate of drug-likeness (QED) is 0.0689. The highest BCUT2D eigenvalue weighted by Crippen LogP contribution is 2.45. The molecule has 8 heterocycles. The van der Waals surface area contributed by atoms with Gasteiger partial charge in [0.2, 0.25) is 44.2 Å². The fourth-order valence-electron chi connectivity index (χ4n) is 7.47. The van der Waals surface area contributed by atoms with Gasteiger partial charge in [0.25, 0.3) is 0 Å². The first-order valence-electron chi connectivity index (χ1n) is 22.3. The maximum atomic E-state index is 12.2. The molecule has 0 spiro atoms. The number of anilines is 4. The first-order valence-corrected chi connectivity index (χ1v) is 25.5. The minimum absolute atomic E-state index is 0.135. The first kappa shape index (κ1) is 47.8. The van der Waals surface area contributed by atoms with Crippen LogP contribution in [0.25, 0.3) is 0 Å². The number of aromatic nitrogens is 12. The molecule has 10 rings (SSSR count). The summed E-state index contributed by atoms with van der Waals surface area (Å²) in [6.07, 6.45) is 19.9. The molecule has 2 saturated carbocycles. The van der Waals surface area contributed by atoms with Crippen LogP contribution < -0.4 is 21.3 Å². The molecular formula is C46H44N16O4S4. The van der Waals surface area contributed by atoms with E-state index in [4.69, 9.17) is 0 Å². The molecule has 0 aromatic carbocycles. The Balaban J connectivity index is 0.000000174. The monoisotopic (exact) mass is 1010 g/mol. The molecular weight excluding hydrogens is 969 g/mol. The number of hydrogen-bond donors (Lipinski definition) is 4. The van der Waals surface area contributed by atoms with Gasteiger partial charge in [-0.3, -0.25) is 39.1 Å². The molecule has 4 amide bonds. The van der Waals surface area contributed by atoms with Crippen LogP contribution >= 0.6 is 45.3 Å². The Labute approximate surface area is 416 Å². The van der Waals surface area contributed by atoms with E-state index in [2.05, 4.69) is 82.0 Å². The highest BCUT2D eigenvalue weighted by Gasteiger charge is 2.39. The third kappa shape index (κ3) is 14.9. The smallest absolute Gasteiger partial charge is 0.230 e. The van der Waals surface area contributed by atoms with Gasteiger partial charge in [0.1, 0.15) is 20.0 Å². The zero-order valence-corrected chi connectivity index (χ0v) is 40.5. The number of rotatable bonds is 20. The van der Waals surface area contributed by atoms with E-state index >= 15 is 0 Å². The van der Waals surface area contributed by atoms with E-state index in [1.807, 2.05) is 24.3 Å². The van der Waals surface area contributed by atoms with E-state index in [0.29, 0.717) is 44.2 Å². The Kier molecular flexibility index (Phi) is 15.9. The lowest BCUT2D eigenvalue weighted by molar-refractivity contribution is -0.116. The van der Waals surface area contributed by atoms with E-state index in [9.17, 15) is 19.2 Å². The average Bonchev–Trinajstić information content (AvgIpc) is 3.82. The van der Waals surface area contributed by atoms with E-state index in [0.717, 1.165) is 80.8 Å². The Bertz CT molecular complexity index is 2590. The van der Waals surface area contributed by atoms with Crippen LogP contribution in [-0.2, 0) is 70.5 Å². The average molecular weight is 1010 g/mol. The predicted molar refractivity (Wildman–Crippen MR) is 264 cm³/mol. The van der Waals surface area contributed by atoms with Gasteiger partial charge in [-0.2, -0.15) is 0 Å². The summed E-state index contributed by atoms with van der Waals surface area (Å²) >= 11 is 5.65. The summed E-state index contributed by atoms with van der Waals surface area (Å²) in [6.45, 7) is 0. The lowest BCUT2D eigenvalue weighted by atomic mass is 10.2. The third-order valence-corrected chi connectivity index (χ3v) is 14.5. The summed E-state index contributed by atoms with van der Waals surface area (Å²) in [5, 5.41) is 50.3. The van der Waals surface area contributed by atoms with Crippen molar-refractivity contribution < 1.29 is 19.2 Å². The predicted octanol–water partition coefficient (Wildman–Crippen LogP) is 5.93. The molecule has 20 nitrogen and oxygen atoms in total. The van der Waals surface area contributed by atoms with Crippen LogP contribution in [0.5, 0.6) is 0 Å². The van der Waals surface area contributed by atoms with Crippen molar-refractivity contribution in [3.05, 3.63) is 140 Å². The van der Waals surface area contributed by atoms with Crippen LogP contribution in [0.15, 0.2) is 98.1 Å². The molecule has 356 valence electrons. The van der Waals surface area contributed by atoms with Crippen LogP contribution in [0.2, 0.25) is 0 Å². The maximum absolute atomic E-state index is 12.2. The minimum atomic E-state index is -0.135. The number of carbonyl (C=O) groups is 4. The van der Waals surface area contributed by atoms with Crippen molar-refractivity contribution in [2.45, 2.75) is 64.2 Å². The van der Waals surface area contributed by atoms with Crippen molar-refractivity contribution >= 4 is 89.5 Å². The lowest BCUT2D eigenvalue weighted by Gasteiger charge is -2.00. The van der Waals surface area contributed by atoms with Gasteiger partial charge >= 0.3 is 0 Å².